The lowest BCUT2D eigenvalue weighted by Gasteiger charge is -2.33. The topological polar surface area (TPSA) is 86.7 Å². The monoisotopic (exact) mass is 510 g/mol. The van der Waals surface area contributed by atoms with Gasteiger partial charge in [-0.1, -0.05) is 76.1 Å². The number of aliphatic hydroxyl groups is 1. The first-order chi connectivity index (χ1) is 17.0. The van der Waals surface area contributed by atoms with Crippen molar-refractivity contribution in [3.05, 3.63) is 65.7 Å². The molecule has 1 heterocycles. The number of carbonyl (C=O) groups is 1. The summed E-state index contributed by atoms with van der Waals surface area (Å²) in [7, 11) is -3.52. The van der Waals surface area contributed by atoms with Crippen LogP contribution in [0.15, 0.2) is 59.5 Å². The molecule has 2 aliphatic carbocycles. The number of piperidine rings is 1. The van der Waals surface area contributed by atoms with Crippen molar-refractivity contribution in [1.29, 1.82) is 0 Å². The largest absolute Gasteiger partial charge is 0.375 e. The third-order valence-corrected chi connectivity index (χ3v) is 10.5. The standard InChI is InChI=1S/C29H38N2O4S/c1-28(2,3)20-13-15-23(16-14-20)36(34,35)31-18-25-24(26(25)19-31)17-30-27(32)29(33,22-11-7-8-12-22)21-9-5-4-6-10-21/h4-6,9-10,13-16,22,24-26,33H,7-8,11-12,17-19H2,1-3H3,(H,30,32)/t24-,25-,26?,29?/m1/s1. The van der Waals surface area contributed by atoms with E-state index in [1.807, 2.05) is 42.5 Å². The van der Waals surface area contributed by atoms with Crippen LogP contribution in [-0.2, 0) is 25.8 Å². The highest BCUT2D eigenvalue weighted by atomic mass is 32.2. The molecule has 2 N–H and O–H groups in total. The van der Waals surface area contributed by atoms with Crippen molar-refractivity contribution in [3.8, 4) is 0 Å². The quantitative estimate of drug-likeness (QED) is 0.589. The fourth-order valence-electron chi connectivity index (χ4n) is 6.32. The van der Waals surface area contributed by atoms with Crippen LogP contribution in [-0.4, -0.2) is 43.4 Å². The highest BCUT2D eigenvalue weighted by molar-refractivity contribution is 7.89. The van der Waals surface area contributed by atoms with Crippen LogP contribution in [0.3, 0.4) is 0 Å². The number of amides is 1. The first-order valence-corrected chi connectivity index (χ1v) is 14.6. The maximum absolute atomic E-state index is 13.3. The Morgan fingerprint density at radius 1 is 0.944 bits per heavy atom. The van der Waals surface area contributed by atoms with Crippen LogP contribution < -0.4 is 5.32 Å². The van der Waals surface area contributed by atoms with Crippen molar-refractivity contribution in [2.24, 2.45) is 23.7 Å². The van der Waals surface area contributed by atoms with Gasteiger partial charge in [0, 0.05) is 25.6 Å². The molecule has 6 nitrogen and oxygen atoms in total. The van der Waals surface area contributed by atoms with Crippen LogP contribution in [0.4, 0.5) is 0 Å². The van der Waals surface area contributed by atoms with Crippen LogP contribution in [0.25, 0.3) is 0 Å². The van der Waals surface area contributed by atoms with E-state index < -0.39 is 15.6 Å². The van der Waals surface area contributed by atoms with Gasteiger partial charge < -0.3 is 10.4 Å². The zero-order valence-corrected chi connectivity index (χ0v) is 22.3. The smallest absolute Gasteiger partial charge is 0.256 e. The van der Waals surface area contributed by atoms with E-state index in [2.05, 4.69) is 26.1 Å². The van der Waals surface area contributed by atoms with Gasteiger partial charge in [0.2, 0.25) is 10.0 Å². The number of rotatable bonds is 7. The molecule has 3 fully saturated rings. The molecule has 194 valence electrons. The number of nitrogens with zero attached hydrogens (tertiary/aromatic N) is 1. The number of sulfonamides is 1. The molecule has 0 bridgehead atoms. The van der Waals surface area contributed by atoms with Crippen molar-refractivity contribution in [3.63, 3.8) is 0 Å². The maximum Gasteiger partial charge on any atom is 0.256 e. The lowest BCUT2D eigenvalue weighted by molar-refractivity contribution is -0.147. The van der Waals surface area contributed by atoms with Gasteiger partial charge in [0.05, 0.1) is 4.90 Å². The summed E-state index contributed by atoms with van der Waals surface area (Å²) >= 11 is 0. The Morgan fingerprint density at radius 3 is 2.08 bits per heavy atom. The zero-order valence-electron chi connectivity index (χ0n) is 21.5. The summed E-state index contributed by atoms with van der Waals surface area (Å²) < 4.78 is 28.0. The molecule has 7 heteroatoms. The summed E-state index contributed by atoms with van der Waals surface area (Å²) in [6.45, 7) is 7.78. The molecule has 0 aromatic heterocycles. The number of nitrogens with one attached hydrogen (secondary N) is 1. The first-order valence-electron chi connectivity index (χ1n) is 13.2. The van der Waals surface area contributed by atoms with Gasteiger partial charge in [0.1, 0.15) is 0 Å². The SMILES string of the molecule is CC(C)(C)c1ccc(S(=O)(=O)N2CC3[C@H](CNC(=O)C(O)(c4ccccc4)C4CCCC4)[C@H]3C2)cc1. The number of hydrogen-bond donors (Lipinski definition) is 2. The van der Waals surface area contributed by atoms with E-state index in [9.17, 15) is 18.3 Å². The minimum absolute atomic E-state index is 0.0281. The predicted octanol–water partition coefficient (Wildman–Crippen LogP) is 4.04. The van der Waals surface area contributed by atoms with Gasteiger partial charge in [0.15, 0.2) is 5.60 Å². The third kappa shape index (κ3) is 4.50. The minimum Gasteiger partial charge on any atom is -0.375 e. The molecule has 5 rings (SSSR count). The molecular weight excluding hydrogens is 472 g/mol. The first kappa shape index (κ1) is 25.4. The van der Waals surface area contributed by atoms with E-state index in [-0.39, 0.29) is 35.0 Å². The van der Waals surface area contributed by atoms with Crippen LogP contribution in [0.2, 0.25) is 0 Å². The van der Waals surface area contributed by atoms with E-state index in [1.165, 1.54) is 0 Å². The number of benzene rings is 2. The Balaban J connectivity index is 1.20. The van der Waals surface area contributed by atoms with E-state index in [0.29, 0.717) is 30.1 Å². The van der Waals surface area contributed by atoms with E-state index in [4.69, 9.17) is 0 Å². The highest BCUT2D eigenvalue weighted by Gasteiger charge is 2.58. The maximum atomic E-state index is 13.3. The van der Waals surface area contributed by atoms with Crippen molar-refractivity contribution in [1.82, 2.24) is 9.62 Å². The van der Waals surface area contributed by atoms with Crippen molar-refractivity contribution >= 4 is 15.9 Å². The van der Waals surface area contributed by atoms with E-state index in [0.717, 1.165) is 31.2 Å². The molecule has 2 saturated carbocycles. The van der Waals surface area contributed by atoms with Crippen molar-refractivity contribution in [2.45, 2.75) is 62.4 Å². The second-order valence-corrected chi connectivity index (χ2v) is 13.8. The van der Waals surface area contributed by atoms with Crippen LogP contribution in [0.5, 0.6) is 0 Å². The molecule has 36 heavy (non-hydrogen) atoms. The van der Waals surface area contributed by atoms with Crippen LogP contribution in [0.1, 0.15) is 57.6 Å². The van der Waals surface area contributed by atoms with Gasteiger partial charge in [0.25, 0.3) is 5.91 Å². The Hall–Kier alpha value is -2.22. The molecule has 1 aliphatic heterocycles. The average molecular weight is 511 g/mol. The van der Waals surface area contributed by atoms with Gasteiger partial charge in [-0.25, -0.2) is 8.42 Å². The second-order valence-electron chi connectivity index (χ2n) is 11.9. The van der Waals surface area contributed by atoms with Crippen LogP contribution in [0, 0.1) is 23.7 Å². The molecule has 0 spiro atoms. The number of fused-ring (bicyclic) bond motifs is 1. The van der Waals surface area contributed by atoms with Gasteiger partial charge >= 0.3 is 0 Å². The predicted molar refractivity (Wildman–Crippen MR) is 140 cm³/mol. The van der Waals surface area contributed by atoms with Crippen molar-refractivity contribution < 1.29 is 18.3 Å². The summed E-state index contributed by atoms with van der Waals surface area (Å²) in [6.07, 6.45) is 3.75. The average Bonchev–Trinajstić information content (AvgIpc) is 3.26. The molecule has 2 aromatic rings. The molecule has 1 saturated heterocycles. The molecule has 4 atom stereocenters. The van der Waals surface area contributed by atoms with Gasteiger partial charge in [-0.3, -0.25) is 4.79 Å². The Kier molecular flexibility index (Phi) is 6.54. The van der Waals surface area contributed by atoms with Gasteiger partial charge in [-0.2, -0.15) is 4.31 Å². The summed E-state index contributed by atoms with van der Waals surface area (Å²) in [5.41, 5.74) is 0.213. The highest BCUT2D eigenvalue weighted by Crippen LogP contribution is 2.52. The molecule has 2 unspecified atom stereocenters. The minimum atomic E-state index is -3.52. The normalized spacial score (nSPS) is 26.4. The summed E-state index contributed by atoms with van der Waals surface area (Å²) in [4.78, 5) is 13.7. The molecule has 3 aliphatic rings. The fraction of sp³-hybridized carbons (Fsp3) is 0.552. The van der Waals surface area contributed by atoms with Crippen molar-refractivity contribution in [2.75, 3.05) is 19.6 Å². The Labute approximate surface area is 215 Å². The summed E-state index contributed by atoms with van der Waals surface area (Å²) in [6, 6.07) is 16.5. The lowest BCUT2D eigenvalue weighted by Crippen LogP contribution is -2.49. The van der Waals surface area contributed by atoms with Gasteiger partial charge in [-0.15, -0.1) is 0 Å². The Morgan fingerprint density at radius 2 is 1.53 bits per heavy atom. The molecule has 0 radical (unpaired) electrons. The zero-order chi connectivity index (χ0) is 25.7. The van der Waals surface area contributed by atoms with Gasteiger partial charge in [-0.05, 0) is 59.3 Å². The molecule has 2 aromatic carbocycles. The lowest BCUT2D eigenvalue weighted by atomic mass is 9.79. The van der Waals surface area contributed by atoms with E-state index in [1.54, 1.807) is 16.4 Å². The summed E-state index contributed by atoms with van der Waals surface area (Å²) in [5.74, 6) is 0.362. The number of carbonyl (C=O) groups excluding carboxylic acids is 1. The number of hydrogen-bond acceptors (Lipinski definition) is 4. The third-order valence-electron chi connectivity index (χ3n) is 8.70. The Bertz CT molecular complexity index is 1190. The van der Waals surface area contributed by atoms with Crippen LogP contribution >= 0.6 is 0 Å². The second kappa shape index (κ2) is 9.26. The fourth-order valence-corrected chi connectivity index (χ4v) is 7.83. The van der Waals surface area contributed by atoms with E-state index >= 15 is 0 Å². The molecule has 1 amide bonds. The summed E-state index contributed by atoms with van der Waals surface area (Å²) in [5, 5.41) is 14.7. The molecular formula is C29H38N2O4S.